The Morgan fingerprint density at radius 3 is 2.12 bits per heavy atom. The summed E-state index contributed by atoms with van der Waals surface area (Å²) in [4.78, 5) is 21.7. The Labute approximate surface area is 95.0 Å². The molecule has 1 amide bonds. The minimum Gasteiger partial charge on any atom is -0.480 e. The van der Waals surface area contributed by atoms with E-state index < -0.39 is 32.7 Å². The quantitative estimate of drug-likeness (QED) is 0.680. The highest BCUT2D eigenvalue weighted by Gasteiger charge is 2.27. The summed E-state index contributed by atoms with van der Waals surface area (Å²) in [5, 5.41) is 9.61. The Balaban J connectivity index is 4.30. The monoisotopic (exact) mass is 251 g/mol. The molecule has 94 valence electrons. The number of carboxylic acid groups (broad SMARTS) is 1. The summed E-state index contributed by atoms with van der Waals surface area (Å²) in [5.41, 5.74) is 0. The van der Waals surface area contributed by atoms with Crippen molar-refractivity contribution >= 4 is 21.7 Å². The minimum atomic E-state index is -3.75. The number of carboxylic acids is 1. The van der Waals surface area contributed by atoms with Gasteiger partial charge >= 0.3 is 5.97 Å². The molecule has 16 heavy (non-hydrogen) atoms. The molecule has 0 saturated carbocycles. The van der Waals surface area contributed by atoms with Crippen LogP contribution in [0.15, 0.2) is 0 Å². The molecule has 0 aliphatic rings. The van der Waals surface area contributed by atoms with E-state index in [0.29, 0.717) is 0 Å². The lowest BCUT2D eigenvalue weighted by Crippen LogP contribution is -2.34. The SMILES string of the molecule is CC(C)NC(=O)CCS(=O)(=O)C(C)C(=O)O. The predicted octanol–water partition coefficient (Wildman–Crippen LogP) is -0.211. The lowest BCUT2D eigenvalue weighted by Gasteiger charge is -2.10. The van der Waals surface area contributed by atoms with Crippen molar-refractivity contribution < 1.29 is 23.1 Å². The molecular weight excluding hydrogens is 234 g/mol. The molecule has 7 heteroatoms. The summed E-state index contributed by atoms with van der Waals surface area (Å²) in [5.74, 6) is -2.24. The van der Waals surface area contributed by atoms with Gasteiger partial charge in [0.25, 0.3) is 0 Å². The van der Waals surface area contributed by atoms with Gasteiger partial charge in [0.1, 0.15) is 0 Å². The Morgan fingerprint density at radius 2 is 1.75 bits per heavy atom. The van der Waals surface area contributed by atoms with Crippen molar-refractivity contribution in [1.82, 2.24) is 5.32 Å². The Bertz CT molecular complexity index is 360. The zero-order valence-corrected chi connectivity index (χ0v) is 10.4. The average Bonchev–Trinajstić information content (AvgIpc) is 2.12. The summed E-state index contributed by atoms with van der Waals surface area (Å²) >= 11 is 0. The Morgan fingerprint density at radius 1 is 1.25 bits per heavy atom. The molecule has 0 bridgehead atoms. The fraction of sp³-hybridized carbons (Fsp3) is 0.778. The van der Waals surface area contributed by atoms with Gasteiger partial charge in [-0.1, -0.05) is 0 Å². The van der Waals surface area contributed by atoms with E-state index in [9.17, 15) is 18.0 Å². The number of hydrogen-bond acceptors (Lipinski definition) is 4. The van der Waals surface area contributed by atoms with Crippen LogP contribution in [0.2, 0.25) is 0 Å². The molecule has 0 heterocycles. The average molecular weight is 251 g/mol. The number of carbonyl (C=O) groups is 2. The van der Waals surface area contributed by atoms with Crippen LogP contribution in [0.4, 0.5) is 0 Å². The van der Waals surface area contributed by atoms with Crippen LogP contribution in [-0.2, 0) is 19.4 Å². The van der Waals surface area contributed by atoms with E-state index in [0.717, 1.165) is 6.92 Å². The Hall–Kier alpha value is -1.11. The van der Waals surface area contributed by atoms with Gasteiger partial charge in [0, 0.05) is 12.5 Å². The van der Waals surface area contributed by atoms with Crippen LogP contribution in [0.5, 0.6) is 0 Å². The van der Waals surface area contributed by atoms with Crippen LogP contribution < -0.4 is 5.32 Å². The molecule has 0 fully saturated rings. The molecule has 2 N–H and O–H groups in total. The first kappa shape index (κ1) is 14.9. The molecule has 0 aliphatic heterocycles. The summed E-state index contributed by atoms with van der Waals surface area (Å²) in [6.07, 6.45) is -0.210. The molecule has 0 aromatic carbocycles. The van der Waals surface area contributed by atoms with E-state index in [1.54, 1.807) is 13.8 Å². The van der Waals surface area contributed by atoms with Gasteiger partial charge in [0.2, 0.25) is 5.91 Å². The number of rotatable bonds is 6. The maximum atomic E-state index is 11.4. The summed E-state index contributed by atoms with van der Waals surface area (Å²) < 4.78 is 22.8. The lowest BCUT2D eigenvalue weighted by molar-refractivity contribution is -0.136. The molecule has 0 aliphatic carbocycles. The minimum absolute atomic E-state index is 0.0629. The first-order chi connectivity index (χ1) is 7.16. The van der Waals surface area contributed by atoms with Gasteiger partial charge in [0.15, 0.2) is 15.1 Å². The van der Waals surface area contributed by atoms with E-state index in [-0.39, 0.29) is 12.5 Å². The van der Waals surface area contributed by atoms with Gasteiger partial charge in [-0.15, -0.1) is 0 Å². The second-order valence-corrected chi connectivity index (χ2v) is 6.26. The molecule has 0 aromatic rings. The molecule has 0 radical (unpaired) electrons. The summed E-state index contributed by atoms with van der Waals surface area (Å²) in [7, 11) is -3.75. The fourth-order valence-electron chi connectivity index (χ4n) is 0.959. The maximum Gasteiger partial charge on any atom is 0.321 e. The maximum absolute atomic E-state index is 11.4. The van der Waals surface area contributed by atoms with Crippen LogP contribution in [0.3, 0.4) is 0 Å². The predicted molar refractivity (Wildman–Crippen MR) is 58.8 cm³/mol. The van der Waals surface area contributed by atoms with Gasteiger partial charge in [-0.05, 0) is 20.8 Å². The van der Waals surface area contributed by atoms with Crippen molar-refractivity contribution in [3.05, 3.63) is 0 Å². The zero-order valence-electron chi connectivity index (χ0n) is 9.56. The van der Waals surface area contributed by atoms with Crippen LogP contribution in [0.25, 0.3) is 0 Å². The second kappa shape index (κ2) is 5.83. The Kier molecular flexibility index (Phi) is 5.43. The fourth-order valence-corrected chi connectivity index (χ4v) is 2.09. The van der Waals surface area contributed by atoms with Crippen LogP contribution >= 0.6 is 0 Å². The number of carbonyl (C=O) groups excluding carboxylic acids is 1. The van der Waals surface area contributed by atoms with Gasteiger partial charge < -0.3 is 10.4 Å². The molecule has 1 atom stereocenters. The summed E-state index contributed by atoms with van der Waals surface area (Å²) in [6.45, 7) is 4.61. The van der Waals surface area contributed by atoms with Crippen molar-refractivity contribution in [1.29, 1.82) is 0 Å². The highest BCUT2D eigenvalue weighted by molar-refractivity contribution is 7.92. The van der Waals surface area contributed by atoms with E-state index in [1.807, 2.05) is 0 Å². The van der Waals surface area contributed by atoms with Crippen molar-refractivity contribution in [3.63, 3.8) is 0 Å². The summed E-state index contributed by atoms with van der Waals surface area (Å²) in [6, 6.07) is -0.0629. The van der Waals surface area contributed by atoms with Crippen LogP contribution in [0, 0.1) is 0 Å². The van der Waals surface area contributed by atoms with Crippen LogP contribution in [-0.4, -0.2) is 42.4 Å². The number of hydrogen-bond donors (Lipinski definition) is 2. The molecule has 1 unspecified atom stereocenters. The molecule has 6 nitrogen and oxygen atoms in total. The second-order valence-electron chi connectivity index (χ2n) is 3.82. The third kappa shape index (κ3) is 5.11. The molecular formula is C9H17NO5S. The van der Waals surface area contributed by atoms with E-state index in [4.69, 9.17) is 5.11 Å². The van der Waals surface area contributed by atoms with Gasteiger partial charge in [-0.25, -0.2) is 8.42 Å². The van der Waals surface area contributed by atoms with E-state index >= 15 is 0 Å². The molecule has 0 rings (SSSR count). The molecule has 0 aromatic heterocycles. The first-order valence-corrected chi connectivity index (χ1v) is 6.62. The zero-order chi connectivity index (χ0) is 12.9. The highest BCUT2D eigenvalue weighted by Crippen LogP contribution is 2.04. The first-order valence-electron chi connectivity index (χ1n) is 4.90. The smallest absolute Gasteiger partial charge is 0.321 e. The van der Waals surface area contributed by atoms with Gasteiger partial charge in [-0.3, -0.25) is 9.59 Å². The molecule has 0 spiro atoms. The topological polar surface area (TPSA) is 101 Å². The normalized spacial score (nSPS) is 13.5. The van der Waals surface area contributed by atoms with Gasteiger partial charge in [-0.2, -0.15) is 0 Å². The number of aliphatic carboxylic acids is 1. The highest BCUT2D eigenvalue weighted by atomic mass is 32.2. The van der Waals surface area contributed by atoms with Gasteiger partial charge in [0.05, 0.1) is 5.75 Å². The number of nitrogens with one attached hydrogen (secondary N) is 1. The van der Waals surface area contributed by atoms with Crippen molar-refractivity contribution in [2.45, 2.75) is 38.5 Å². The third-order valence-corrected chi connectivity index (χ3v) is 4.00. The largest absolute Gasteiger partial charge is 0.480 e. The van der Waals surface area contributed by atoms with Crippen molar-refractivity contribution in [2.75, 3.05) is 5.75 Å². The lowest BCUT2D eigenvalue weighted by atomic mass is 10.3. The number of amides is 1. The third-order valence-electron chi connectivity index (χ3n) is 1.95. The number of sulfone groups is 1. The van der Waals surface area contributed by atoms with Crippen LogP contribution in [0.1, 0.15) is 27.2 Å². The van der Waals surface area contributed by atoms with E-state index in [1.165, 1.54) is 0 Å². The standard InChI is InChI=1S/C9H17NO5S/c1-6(2)10-8(11)4-5-16(14,15)7(3)9(12)13/h6-7H,4-5H2,1-3H3,(H,10,11)(H,12,13). The van der Waals surface area contributed by atoms with Crippen molar-refractivity contribution in [2.24, 2.45) is 0 Å². The van der Waals surface area contributed by atoms with Crippen molar-refractivity contribution in [3.8, 4) is 0 Å². The van der Waals surface area contributed by atoms with E-state index in [2.05, 4.69) is 5.32 Å². The molecule has 0 saturated heterocycles.